The third-order valence-corrected chi connectivity index (χ3v) is 5.03. The van der Waals surface area contributed by atoms with Crippen molar-refractivity contribution in [2.75, 3.05) is 0 Å². The van der Waals surface area contributed by atoms with Crippen molar-refractivity contribution in [2.24, 2.45) is 0 Å². The molecule has 12 heteroatoms. The maximum atomic E-state index is 12.0. The number of carbonyl (C=O) groups excluding carboxylic acids is 2. The molecule has 2 amide bonds. The lowest BCUT2D eigenvalue weighted by Crippen LogP contribution is -2.42. The molecule has 33 heavy (non-hydrogen) atoms. The number of rotatable bonds is 16. The maximum Gasteiger partial charge on any atom is 0.326 e. The molecule has 0 aromatic carbocycles. The summed E-state index contributed by atoms with van der Waals surface area (Å²) >= 11 is 0. The lowest BCUT2D eigenvalue weighted by Gasteiger charge is -2.14. The van der Waals surface area contributed by atoms with Crippen molar-refractivity contribution < 1.29 is 29.4 Å². The summed E-state index contributed by atoms with van der Waals surface area (Å²) in [4.78, 5) is 60.0. The quantitative estimate of drug-likeness (QED) is 0.197. The van der Waals surface area contributed by atoms with Crippen molar-refractivity contribution in [3.05, 3.63) is 36.4 Å². The molecule has 0 aliphatic carbocycles. The Morgan fingerprint density at radius 2 is 1.12 bits per heavy atom. The molecule has 6 N–H and O–H groups in total. The molecule has 0 fully saturated rings. The first-order valence-corrected chi connectivity index (χ1v) is 10.8. The fourth-order valence-corrected chi connectivity index (χ4v) is 3.27. The van der Waals surface area contributed by atoms with Gasteiger partial charge in [0, 0.05) is 49.5 Å². The molecule has 2 aromatic heterocycles. The molecule has 0 aliphatic rings. The number of amides is 2. The zero-order valence-corrected chi connectivity index (χ0v) is 18.2. The molecule has 180 valence electrons. The predicted molar refractivity (Wildman–Crippen MR) is 116 cm³/mol. The third kappa shape index (κ3) is 9.97. The van der Waals surface area contributed by atoms with Gasteiger partial charge in [-0.25, -0.2) is 19.6 Å². The highest BCUT2D eigenvalue weighted by molar-refractivity contribution is 5.84. The number of aromatic amines is 2. The van der Waals surface area contributed by atoms with Gasteiger partial charge in [0.2, 0.25) is 11.8 Å². The average Bonchev–Trinajstić information content (AvgIpc) is 3.46. The molecule has 0 unspecified atom stereocenters. The number of hydrogen-bond acceptors (Lipinski definition) is 6. The number of nitrogens with one attached hydrogen (secondary N) is 4. The number of aromatic nitrogens is 4. The number of nitrogens with zero attached hydrogens (tertiary/aromatic N) is 2. The Bertz CT molecular complexity index is 811. The Morgan fingerprint density at radius 1 is 0.727 bits per heavy atom. The minimum Gasteiger partial charge on any atom is -0.480 e. The summed E-state index contributed by atoms with van der Waals surface area (Å²) in [5, 5.41) is 23.6. The van der Waals surface area contributed by atoms with Crippen LogP contribution in [-0.4, -0.2) is 66.0 Å². The minimum absolute atomic E-state index is 0.133. The number of carboxylic acids is 2. The topological polar surface area (TPSA) is 190 Å². The van der Waals surface area contributed by atoms with Crippen LogP contribution in [0.2, 0.25) is 0 Å². The van der Waals surface area contributed by atoms with Crippen LogP contribution in [0.5, 0.6) is 0 Å². The van der Waals surface area contributed by atoms with E-state index >= 15 is 0 Å². The van der Waals surface area contributed by atoms with Crippen LogP contribution in [0.15, 0.2) is 25.0 Å². The first-order valence-electron chi connectivity index (χ1n) is 10.8. The van der Waals surface area contributed by atoms with Gasteiger partial charge < -0.3 is 30.8 Å². The van der Waals surface area contributed by atoms with E-state index < -0.39 is 24.0 Å². The number of hydrogen-bond donors (Lipinski definition) is 6. The smallest absolute Gasteiger partial charge is 0.326 e. The fourth-order valence-electron chi connectivity index (χ4n) is 3.27. The molecule has 12 nitrogen and oxygen atoms in total. The van der Waals surface area contributed by atoms with Crippen molar-refractivity contribution in [3.8, 4) is 0 Å². The summed E-state index contributed by atoms with van der Waals surface area (Å²) in [7, 11) is 0. The van der Waals surface area contributed by atoms with Crippen LogP contribution >= 0.6 is 0 Å². The molecule has 2 aromatic rings. The van der Waals surface area contributed by atoms with Gasteiger partial charge in [0.05, 0.1) is 12.7 Å². The zero-order chi connectivity index (χ0) is 24.1. The Labute approximate surface area is 190 Å². The van der Waals surface area contributed by atoms with Gasteiger partial charge in [-0.1, -0.05) is 19.3 Å². The van der Waals surface area contributed by atoms with E-state index in [0.29, 0.717) is 24.2 Å². The van der Waals surface area contributed by atoms with Crippen LogP contribution in [0, 0.1) is 0 Å². The van der Waals surface area contributed by atoms with E-state index in [1.54, 1.807) is 0 Å². The number of aliphatic carboxylic acids is 2. The summed E-state index contributed by atoms with van der Waals surface area (Å²) in [6.07, 6.45) is 10.2. The van der Waals surface area contributed by atoms with E-state index in [2.05, 4.69) is 30.6 Å². The van der Waals surface area contributed by atoms with Crippen LogP contribution in [0.4, 0.5) is 0 Å². The van der Waals surface area contributed by atoms with Gasteiger partial charge in [-0.3, -0.25) is 9.59 Å². The van der Waals surface area contributed by atoms with Crippen molar-refractivity contribution >= 4 is 23.8 Å². The first kappa shape index (κ1) is 25.6. The molecule has 0 radical (unpaired) electrons. The molecule has 0 bridgehead atoms. The molecule has 0 spiro atoms. The second-order valence-corrected chi connectivity index (χ2v) is 7.75. The highest BCUT2D eigenvalue weighted by Gasteiger charge is 2.21. The molecule has 2 atom stereocenters. The molecule has 2 rings (SSSR count). The second kappa shape index (κ2) is 13.7. The van der Waals surface area contributed by atoms with Gasteiger partial charge in [0.1, 0.15) is 12.1 Å². The minimum atomic E-state index is -1.11. The third-order valence-electron chi connectivity index (χ3n) is 5.03. The lowest BCUT2D eigenvalue weighted by molar-refractivity contribution is -0.142. The van der Waals surface area contributed by atoms with Crippen molar-refractivity contribution in [2.45, 2.75) is 69.9 Å². The normalized spacial score (nSPS) is 12.6. The molecule has 0 aliphatic heterocycles. The van der Waals surface area contributed by atoms with Crippen molar-refractivity contribution in [1.82, 2.24) is 30.6 Å². The lowest BCUT2D eigenvalue weighted by atomic mass is 10.1. The van der Waals surface area contributed by atoms with E-state index in [1.165, 1.54) is 25.0 Å². The van der Waals surface area contributed by atoms with Crippen LogP contribution in [0.25, 0.3) is 0 Å². The molecule has 0 saturated heterocycles. The molecule has 2 heterocycles. The SMILES string of the molecule is O=C(CCCCCCCC(=O)N[C@@H](Cc1cnc[nH]1)C(=O)O)N[C@@H](Cc1cnc[nH]1)C(=O)O. The number of carbonyl (C=O) groups is 4. The number of carboxylic acid groups (broad SMARTS) is 2. The average molecular weight is 463 g/mol. The van der Waals surface area contributed by atoms with Crippen LogP contribution in [0.3, 0.4) is 0 Å². The second-order valence-electron chi connectivity index (χ2n) is 7.75. The predicted octanol–water partition coefficient (Wildman–Crippen LogP) is 0.788. The highest BCUT2D eigenvalue weighted by Crippen LogP contribution is 2.08. The van der Waals surface area contributed by atoms with Crippen LogP contribution in [0.1, 0.15) is 56.3 Å². The van der Waals surface area contributed by atoms with Gasteiger partial charge in [-0.2, -0.15) is 0 Å². The standard InChI is InChI=1S/C21H30N6O6/c28-18(26-16(20(30)31)8-14-10-22-12-24-14)6-4-2-1-3-5-7-19(29)27-17(21(32)33)9-15-11-23-13-25-15/h10-13,16-17H,1-9H2,(H,22,24)(H,23,25)(H,26,28)(H,27,29)(H,30,31)(H,32,33)/t16-,17-/m0/s1. The van der Waals surface area contributed by atoms with Gasteiger partial charge in [-0.15, -0.1) is 0 Å². The zero-order valence-electron chi connectivity index (χ0n) is 18.2. The summed E-state index contributed by atoms with van der Waals surface area (Å²) in [6.45, 7) is 0. The summed E-state index contributed by atoms with van der Waals surface area (Å²) in [5.41, 5.74) is 1.26. The van der Waals surface area contributed by atoms with Gasteiger partial charge in [0.25, 0.3) is 0 Å². The molecular formula is C21H30N6O6. The number of imidazole rings is 2. The van der Waals surface area contributed by atoms with Gasteiger partial charge in [0.15, 0.2) is 0 Å². The van der Waals surface area contributed by atoms with E-state index in [0.717, 1.165) is 19.3 Å². The molecule has 0 saturated carbocycles. The van der Waals surface area contributed by atoms with E-state index in [-0.39, 0.29) is 37.5 Å². The molecular weight excluding hydrogens is 432 g/mol. The van der Waals surface area contributed by atoms with Gasteiger partial charge >= 0.3 is 11.9 Å². The number of H-pyrrole nitrogens is 2. The van der Waals surface area contributed by atoms with Crippen LogP contribution in [-0.2, 0) is 32.0 Å². The van der Waals surface area contributed by atoms with Crippen molar-refractivity contribution in [1.29, 1.82) is 0 Å². The van der Waals surface area contributed by atoms with Crippen molar-refractivity contribution in [3.63, 3.8) is 0 Å². The highest BCUT2D eigenvalue weighted by atomic mass is 16.4. The van der Waals surface area contributed by atoms with Crippen LogP contribution < -0.4 is 10.6 Å². The Balaban J connectivity index is 1.55. The van der Waals surface area contributed by atoms with Gasteiger partial charge in [-0.05, 0) is 12.8 Å². The Kier molecular flexibility index (Phi) is 10.6. The monoisotopic (exact) mass is 462 g/mol. The first-order chi connectivity index (χ1) is 15.8. The Hall–Kier alpha value is -3.70. The Morgan fingerprint density at radius 3 is 1.45 bits per heavy atom. The number of unbranched alkanes of at least 4 members (excludes halogenated alkanes) is 4. The van der Waals surface area contributed by atoms with E-state index in [4.69, 9.17) is 0 Å². The van der Waals surface area contributed by atoms with E-state index in [1.807, 2.05) is 0 Å². The largest absolute Gasteiger partial charge is 0.480 e. The summed E-state index contributed by atoms with van der Waals surface area (Å²) < 4.78 is 0. The summed E-state index contributed by atoms with van der Waals surface area (Å²) in [6, 6.07) is -2.03. The van der Waals surface area contributed by atoms with E-state index in [9.17, 15) is 29.4 Å². The maximum absolute atomic E-state index is 12.0. The fraction of sp³-hybridized carbons (Fsp3) is 0.524. The summed E-state index contributed by atoms with van der Waals surface area (Å²) in [5.74, 6) is -2.85.